The van der Waals surface area contributed by atoms with Gasteiger partial charge in [0.2, 0.25) is 0 Å². The van der Waals surface area contributed by atoms with Crippen molar-refractivity contribution in [1.82, 2.24) is 5.16 Å². The summed E-state index contributed by atoms with van der Waals surface area (Å²) in [6.45, 7) is 3.75. The Hall–Kier alpha value is -1.68. The fraction of sp³-hybridized carbons (Fsp3) is 0.182. The van der Waals surface area contributed by atoms with Gasteiger partial charge in [0.25, 0.3) is 0 Å². The number of anilines is 1. The predicted octanol–water partition coefficient (Wildman–Crippen LogP) is 2.90. The van der Waals surface area contributed by atoms with E-state index in [0.29, 0.717) is 16.3 Å². The summed E-state index contributed by atoms with van der Waals surface area (Å²) in [7, 11) is 0. The maximum absolute atomic E-state index is 9.90. The number of phenolic OH excluding ortho intramolecular Hbond substituents is 1. The zero-order valence-electron chi connectivity index (χ0n) is 8.91. The van der Waals surface area contributed by atoms with Crippen LogP contribution in [0.15, 0.2) is 16.7 Å². The highest BCUT2D eigenvalue weighted by molar-refractivity contribution is 6.33. The average molecular weight is 239 g/mol. The van der Waals surface area contributed by atoms with Gasteiger partial charge in [0.05, 0.1) is 10.6 Å². The number of halogens is 1. The van der Waals surface area contributed by atoms with Crippen LogP contribution >= 0.6 is 11.6 Å². The Morgan fingerprint density at radius 2 is 2.06 bits per heavy atom. The summed E-state index contributed by atoms with van der Waals surface area (Å²) in [5.74, 6) is 0.657. The minimum Gasteiger partial charge on any atom is -0.506 e. The summed E-state index contributed by atoms with van der Waals surface area (Å²) < 4.78 is 4.99. The molecule has 0 unspecified atom stereocenters. The topological polar surface area (TPSA) is 72.3 Å². The summed E-state index contributed by atoms with van der Waals surface area (Å²) in [4.78, 5) is 0. The third kappa shape index (κ3) is 1.61. The Kier molecular flexibility index (Phi) is 2.52. The second-order valence-electron chi connectivity index (χ2n) is 3.64. The van der Waals surface area contributed by atoms with E-state index in [-0.39, 0.29) is 11.6 Å². The maximum atomic E-state index is 9.90. The van der Waals surface area contributed by atoms with Gasteiger partial charge in [-0.3, -0.25) is 0 Å². The van der Waals surface area contributed by atoms with Crippen molar-refractivity contribution < 1.29 is 9.63 Å². The molecular weight excluding hydrogens is 228 g/mol. The number of aromatic nitrogens is 1. The van der Waals surface area contributed by atoms with E-state index in [4.69, 9.17) is 21.9 Å². The van der Waals surface area contributed by atoms with Crippen LogP contribution in [0.3, 0.4) is 0 Å². The molecule has 0 atom stereocenters. The largest absolute Gasteiger partial charge is 0.506 e. The van der Waals surface area contributed by atoms with Crippen LogP contribution in [-0.2, 0) is 0 Å². The smallest absolute Gasteiger partial charge is 0.172 e. The van der Waals surface area contributed by atoms with E-state index in [1.807, 2.05) is 13.8 Å². The second kappa shape index (κ2) is 3.72. The zero-order valence-corrected chi connectivity index (χ0v) is 9.67. The van der Waals surface area contributed by atoms with Crippen molar-refractivity contribution in [3.63, 3.8) is 0 Å². The van der Waals surface area contributed by atoms with Crippen LogP contribution in [0.1, 0.15) is 11.1 Å². The molecule has 0 saturated carbocycles. The number of phenols is 1. The molecule has 2 rings (SSSR count). The molecule has 0 aliphatic heterocycles. The van der Waals surface area contributed by atoms with Gasteiger partial charge in [-0.05, 0) is 31.0 Å². The molecule has 4 nitrogen and oxygen atoms in total. The number of benzene rings is 1. The minimum absolute atomic E-state index is 0.0130. The highest BCUT2D eigenvalue weighted by Gasteiger charge is 2.16. The molecule has 0 bridgehead atoms. The Morgan fingerprint density at radius 3 is 2.62 bits per heavy atom. The summed E-state index contributed by atoms with van der Waals surface area (Å²) in [5, 5.41) is 13.8. The van der Waals surface area contributed by atoms with Gasteiger partial charge in [0.1, 0.15) is 5.75 Å². The monoisotopic (exact) mass is 238 g/mol. The van der Waals surface area contributed by atoms with Gasteiger partial charge in [-0.2, -0.15) is 0 Å². The van der Waals surface area contributed by atoms with Crippen molar-refractivity contribution in [3.05, 3.63) is 28.3 Å². The van der Waals surface area contributed by atoms with Crippen molar-refractivity contribution in [1.29, 1.82) is 0 Å². The molecule has 0 spiro atoms. The normalized spacial score (nSPS) is 10.7. The molecule has 5 heteroatoms. The fourth-order valence-electron chi connectivity index (χ4n) is 1.47. The minimum atomic E-state index is -0.0130. The standard InChI is InChI=1S/C11H11ClN2O2/c1-5-3-7(8-4-9(13)14-16-8)11(15)10(12)6(5)2/h3-4,15H,1-2H3,(H2,13,14). The Balaban J connectivity index is 2.66. The van der Waals surface area contributed by atoms with Crippen molar-refractivity contribution in [3.8, 4) is 17.1 Å². The van der Waals surface area contributed by atoms with Gasteiger partial charge in [0.15, 0.2) is 11.6 Å². The second-order valence-corrected chi connectivity index (χ2v) is 4.02. The summed E-state index contributed by atoms with van der Waals surface area (Å²) in [6, 6.07) is 3.33. The molecule has 0 fully saturated rings. The van der Waals surface area contributed by atoms with Crippen LogP contribution in [0.5, 0.6) is 5.75 Å². The van der Waals surface area contributed by atoms with Crippen molar-refractivity contribution in [2.45, 2.75) is 13.8 Å². The molecule has 1 heterocycles. The fourth-order valence-corrected chi connectivity index (χ4v) is 1.72. The number of hydrogen-bond acceptors (Lipinski definition) is 4. The van der Waals surface area contributed by atoms with Gasteiger partial charge in [-0.1, -0.05) is 16.8 Å². The van der Waals surface area contributed by atoms with Crippen LogP contribution in [0.2, 0.25) is 5.02 Å². The van der Waals surface area contributed by atoms with Crippen LogP contribution in [-0.4, -0.2) is 10.3 Å². The van der Waals surface area contributed by atoms with Crippen LogP contribution in [0.25, 0.3) is 11.3 Å². The van der Waals surface area contributed by atoms with E-state index < -0.39 is 0 Å². The van der Waals surface area contributed by atoms with Gasteiger partial charge >= 0.3 is 0 Å². The molecule has 16 heavy (non-hydrogen) atoms. The molecule has 1 aromatic carbocycles. The molecule has 0 radical (unpaired) electrons. The molecule has 3 N–H and O–H groups in total. The van der Waals surface area contributed by atoms with E-state index in [0.717, 1.165) is 11.1 Å². The number of rotatable bonds is 1. The first kappa shape index (κ1) is 10.8. The van der Waals surface area contributed by atoms with Crippen LogP contribution in [0.4, 0.5) is 5.82 Å². The highest BCUT2D eigenvalue weighted by Crippen LogP contribution is 2.39. The summed E-state index contributed by atoms with van der Waals surface area (Å²) in [6.07, 6.45) is 0. The average Bonchev–Trinajstić information content (AvgIpc) is 2.67. The lowest BCUT2D eigenvalue weighted by Crippen LogP contribution is -1.87. The SMILES string of the molecule is Cc1cc(-c2cc(N)no2)c(O)c(Cl)c1C. The Labute approximate surface area is 97.6 Å². The quantitative estimate of drug-likeness (QED) is 0.801. The van der Waals surface area contributed by atoms with Gasteiger partial charge < -0.3 is 15.4 Å². The van der Waals surface area contributed by atoms with Gasteiger partial charge in [0, 0.05) is 6.07 Å². The zero-order chi connectivity index (χ0) is 11.9. The van der Waals surface area contributed by atoms with Crippen molar-refractivity contribution in [2.24, 2.45) is 0 Å². The Morgan fingerprint density at radius 1 is 1.38 bits per heavy atom. The van der Waals surface area contributed by atoms with E-state index in [1.54, 1.807) is 12.1 Å². The molecular formula is C11H11ClN2O2. The van der Waals surface area contributed by atoms with Gasteiger partial charge in [-0.25, -0.2) is 0 Å². The highest BCUT2D eigenvalue weighted by atomic mass is 35.5. The number of hydrogen-bond donors (Lipinski definition) is 2. The molecule has 0 aliphatic rings. The summed E-state index contributed by atoms with van der Waals surface area (Å²) >= 11 is 6.00. The molecule has 2 aromatic rings. The lowest BCUT2D eigenvalue weighted by Gasteiger charge is -2.08. The number of aromatic hydroxyl groups is 1. The molecule has 0 saturated heterocycles. The Bertz CT molecular complexity index is 549. The lowest BCUT2D eigenvalue weighted by molar-refractivity contribution is 0.429. The predicted molar refractivity (Wildman–Crippen MR) is 62.5 cm³/mol. The third-order valence-corrected chi connectivity index (χ3v) is 3.00. The maximum Gasteiger partial charge on any atom is 0.172 e. The van der Waals surface area contributed by atoms with E-state index in [9.17, 15) is 5.11 Å². The molecule has 1 aromatic heterocycles. The number of nitrogens with zero attached hydrogens (tertiary/aromatic N) is 1. The van der Waals surface area contributed by atoms with Gasteiger partial charge in [-0.15, -0.1) is 0 Å². The van der Waals surface area contributed by atoms with Crippen LogP contribution in [0, 0.1) is 13.8 Å². The first-order valence-corrected chi connectivity index (χ1v) is 5.09. The number of nitrogens with two attached hydrogens (primary N) is 1. The number of aryl methyl sites for hydroxylation is 1. The number of nitrogen functional groups attached to an aromatic ring is 1. The van der Waals surface area contributed by atoms with Crippen LogP contribution < -0.4 is 5.73 Å². The van der Waals surface area contributed by atoms with E-state index in [1.165, 1.54) is 0 Å². The molecule has 84 valence electrons. The molecule has 0 amide bonds. The van der Waals surface area contributed by atoms with Crippen molar-refractivity contribution in [2.75, 3.05) is 5.73 Å². The lowest BCUT2D eigenvalue weighted by atomic mass is 10.0. The first-order chi connectivity index (χ1) is 7.50. The first-order valence-electron chi connectivity index (χ1n) is 4.72. The third-order valence-electron chi connectivity index (χ3n) is 2.54. The molecule has 0 aliphatic carbocycles. The van der Waals surface area contributed by atoms with E-state index >= 15 is 0 Å². The summed E-state index contributed by atoms with van der Waals surface area (Å²) in [5.41, 5.74) is 7.76. The van der Waals surface area contributed by atoms with E-state index in [2.05, 4.69) is 5.16 Å². The van der Waals surface area contributed by atoms with Crippen molar-refractivity contribution >= 4 is 17.4 Å².